The summed E-state index contributed by atoms with van der Waals surface area (Å²) < 4.78 is 27.8. The fraction of sp³-hybridized carbons (Fsp3) is 0.0500. The summed E-state index contributed by atoms with van der Waals surface area (Å²) >= 11 is 11.9. The Morgan fingerprint density at radius 1 is 0.893 bits per heavy atom. The quantitative estimate of drug-likeness (QED) is 0.567. The number of aryl methyl sites for hydroxylation is 1. The molecule has 0 aliphatic rings. The molecule has 0 unspecified atom stereocenters. The van der Waals surface area contributed by atoms with Crippen LogP contribution in [0.5, 0.6) is 0 Å². The van der Waals surface area contributed by atoms with Crippen LogP contribution < -0.4 is 10.0 Å². The van der Waals surface area contributed by atoms with Crippen molar-refractivity contribution in [2.75, 3.05) is 10.0 Å². The molecule has 0 saturated carbocycles. The molecule has 0 atom stereocenters. The number of nitrogens with one attached hydrogen (secondary N) is 2. The molecule has 8 heteroatoms. The highest BCUT2D eigenvalue weighted by molar-refractivity contribution is 7.92. The second kappa shape index (κ2) is 8.22. The zero-order valence-electron chi connectivity index (χ0n) is 14.7. The summed E-state index contributed by atoms with van der Waals surface area (Å²) in [6.45, 7) is 1.71. The van der Waals surface area contributed by atoms with Crippen molar-refractivity contribution < 1.29 is 13.2 Å². The molecule has 3 aromatic rings. The lowest BCUT2D eigenvalue weighted by Gasteiger charge is -2.13. The van der Waals surface area contributed by atoms with Gasteiger partial charge < -0.3 is 5.32 Å². The van der Waals surface area contributed by atoms with E-state index in [0.29, 0.717) is 21.8 Å². The van der Waals surface area contributed by atoms with E-state index in [1.54, 1.807) is 43.3 Å². The molecule has 2 N–H and O–H groups in total. The van der Waals surface area contributed by atoms with Gasteiger partial charge in [-0.3, -0.25) is 9.52 Å². The van der Waals surface area contributed by atoms with Gasteiger partial charge in [-0.25, -0.2) is 8.42 Å². The van der Waals surface area contributed by atoms with Crippen LogP contribution in [0.3, 0.4) is 0 Å². The fourth-order valence-corrected chi connectivity index (χ4v) is 4.06. The Labute approximate surface area is 173 Å². The van der Waals surface area contributed by atoms with Crippen molar-refractivity contribution in [3.8, 4) is 0 Å². The van der Waals surface area contributed by atoms with Crippen LogP contribution in [-0.2, 0) is 10.0 Å². The van der Waals surface area contributed by atoms with E-state index in [1.807, 2.05) is 6.07 Å². The van der Waals surface area contributed by atoms with Crippen LogP contribution in [0.4, 0.5) is 11.4 Å². The Bertz CT molecular complexity index is 1130. The van der Waals surface area contributed by atoms with Crippen molar-refractivity contribution in [3.63, 3.8) is 0 Å². The largest absolute Gasteiger partial charge is 0.322 e. The van der Waals surface area contributed by atoms with E-state index >= 15 is 0 Å². The number of benzene rings is 3. The highest BCUT2D eigenvalue weighted by atomic mass is 35.5. The van der Waals surface area contributed by atoms with Crippen molar-refractivity contribution in [2.24, 2.45) is 0 Å². The molecule has 144 valence electrons. The van der Waals surface area contributed by atoms with Gasteiger partial charge in [-0.2, -0.15) is 0 Å². The van der Waals surface area contributed by atoms with E-state index < -0.39 is 10.0 Å². The van der Waals surface area contributed by atoms with Gasteiger partial charge in [0.1, 0.15) is 0 Å². The molecule has 0 saturated heterocycles. The van der Waals surface area contributed by atoms with Gasteiger partial charge in [-0.1, -0.05) is 41.4 Å². The Morgan fingerprint density at radius 3 is 2.29 bits per heavy atom. The first-order valence-corrected chi connectivity index (χ1v) is 10.4. The summed E-state index contributed by atoms with van der Waals surface area (Å²) in [7, 11) is -3.88. The van der Waals surface area contributed by atoms with Crippen molar-refractivity contribution in [1.29, 1.82) is 0 Å². The van der Waals surface area contributed by atoms with Crippen LogP contribution in [0, 0.1) is 6.92 Å². The number of hydrogen-bond donors (Lipinski definition) is 2. The Hall–Kier alpha value is -2.54. The minimum Gasteiger partial charge on any atom is -0.322 e. The molecule has 1 amide bonds. The second-order valence-electron chi connectivity index (χ2n) is 6.03. The molecule has 28 heavy (non-hydrogen) atoms. The van der Waals surface area contributed by atoms with Gasteiger partial charge >= 0.3 is 0 Å². The van der Waals surface area contributed by atoms with Crippen molar-refractivity contribution in [2.45, 2.75) is 11.8 Å². The lowest BCUT2D eigenvalue weighted by Crippen LogP contribution is -2.15. The molecular weight excluding hydrogens is 419 g/mol. The lowest BCUT2D eigenvalue weighted by molar-refractivity contribution is 0.102. The smallest absolute Gasteiger partial charge is 0.261 e. The standard InChI is InChI=1S/C20H16Cl2N2O3S/c1-13-11-16(28(26,27)24-19-12-15(21)7-9-17(19)22)8-10-18(13)23-20(25)14-5-3-2-4-6-14/h2-12,24H,1H3,(H,23,25). The first-order chi connectivity index (χ1) is 13.3. The zero-order valence-corrected chi connectivity index (χ0v) is 17.1. The van der Waals surface area contributed by atoms with E-state index in [2.05, 4.69) is 10.0 Å². The fourth-order valence-electron chi connectivity index (χ4n) is 2.51. The molecule has 0 heterocycles. The molecule has 3 rings (SSSR count). The Balaban J connectivity index is 1.83. The van der Waals surface area contributed by atoms with E-state index in [0.717, 1.165) is 0 Å². The van der Waals surface area contributed by atoms with Crippen LogP contribution in [-0.4, -0.2) is 14.3 Å². The van der Waals surface area contributed by atoms with Crippen LogP contribution in [0.25, 0.3) is 0 Å². The maximum Gasteiger partial charge on any atom is 0.261 e. The molecule has 0 aromatic heterocycles. The summed E-state index contributed by atoms with van der Waals surface area (Å²) in [5, 5.41) is 3.37. The summed E-state index contributed by atoms with van der Waals surface area (Å²) in [6, 6.07) is 17.7. The van der Waals surface area contributed by atoms with E-state index in [9.17, 15) is 13.2 Å². The van der Waals surface area contributed by atoms with E-state index in [-0.39, 0.29) is 21.5 Å². The number of sulfonamides is 1. The number of anilines is 2. The van der Waals surface area contributed by atoms with Gasteiger partial charge in [0, 0.05) is 16.3 Å². The third kappa shape index (κ3) is 4.65. The lowest BCUT2D eigenvalue weighted by atomic mass is 10.1. The van der Waals surface area contributed by atoms with E-state index in [1.165, 1.54) is 24.3 Å². The first kappa shape index (κ1) is 20.2. The van der Waals surface area contributed by atoms with Crippen molar-refractivity contribution >= 4 is 50.5 Å². The molecule has 0 spiro atoms. The molecular formula is C20H16Cl2N2O3S. The maximum absolute atomic E-state index is 12.7. The van der Waals surface area contributed by atoms with Gasteiger partial charge in [0.15, 0.2) is 0 Å². The monoisotopic (exact) mass is 434 g/mol. The molecule has 0 aliphatic heterocycles. The second-order valence-corrected chi connectivity index (χ2v) is 8.55. The number of amides is 1. The molecule has 0 aliphatic carbocycles. The van der Waals surface area contributed by atoms with Gasteiger partial charge in [-0.05, 0) is 61.0 Å². The molecule has 0 bridgehead atoms. The number of carbonyl (C=O) groups is 1. The Morgan fingerprint density at radius 2 is 1.61 bits per heavy atom. The highest BCUT2D eigenvalue weighted by Gasteiger charge is 2.18. The SMILES string of the molecule is Cc1cc(S(=O)(=O)Nc2cc(Cl)ccc2Cl)ccc1NC(=O)c1ccccc1. The molecule has 0 radical (unpaired) electrons. The summed E-state index contributed by atoms with van der Waals surface area (Å²) in [5.74, 6) is -0.275. The van der Waals surface area contributed by atoms with Crippen LogP contribution in [0.1, 0.15) is 15.9 Å². The predicted octanol–water partition coefficient (Wildman–Crippen LogP) is 5.35. The normalized spacial score (nSPS) is 11.1. The number of carbonyl (C=O) groups excluding carboxylic acids is 1. The first-order valence-electron chi connectivity index (χ1n) is 8.21. The average Bonchev–Trinajstić information content (AvgIpc) is 2.66. The summed E-state index contributed by atoms with van der Waals surface area (Å²) in [4.78, 5) is 12.3. The van der Waals surface area contributed by atoms with Gasteiger partial charge in [-0.15, -0.1) is 0 Å². The predicted molar refractivity (Wildman–Crippen MR) is 113 cm³/mol. The molecule has 0 fully saturated rings. The van der Waals surface area contributed by atoms with Gasteiger partial charge in [0.25, 0.3) is 15.9 Å². The zero-order chi connectivity index (χ0) is 20.3. The maximum atomic E-state index is 12.7. The van der Waals surface area contributed by atoms with E-state index in [4.69, 9.17) is 23.2 Å². The number of halogens is 2. The van der Waals surface area contributed by atoms with Crippen LogP contribution >= 0.6 is 23.2 Å². The van der Waals surface area contributed by atoms with Gasteiger partial charge in [0.05, 0.1) is 15.6 Å². The summed E-state index contributed by atoms with van der Waals surface area (Å²) in [5.41, 5.74) is 1.82. The van der Waals surface area contributed by atoms with Gasteiger partial charge in [0.2, 0.25) is 0 Å². The number of hydrogen-bond acceptors (Lipinski definition) is 3. The highest BCUT2D eigenvalue weighted by Crippen LogP contribution is 2.28. The average molecular weight is 435 g/mol. The number of rotatable bonds is 5. The molecule has 5 nitrogen and oxygen atoms in total. The van der Waals surface area contributed by atoms with Crippen LogP contribution in [0.15, 0.2) is 71.6 Å². The van der Waals surface area contributed by atoms with Crippen LogP contribution in [0.2, 0.25) is 10.0 Å². The minimum atomic E-state index is -3.88. The minimum absolute atomic E-state index is 0.0405. The Kier molecular flexibility index (Phi) is 5.93. The van der Waals surface area contributed by atoms with Crippen molar-refractivity contribution in [1.82, 2.24) is 0 Å². The third-order valence-electron chi connectivity index (χ3n) is 3.97. The topological polar surface area (TPSA) is 75.3 Å². The summed E-state index contributed by atoms with van der Waals surface area (Å²) in [6.07, 6.45) is 0. The van der Waals surface area contributed by atoms with Crippen molar-refractivity contribution in [3.05, 3.63) is 87.9 Å². The third-order valence-corrected chi connectivity index (χ3v) is 5.89. The molecule has 3 aromatic carbocycles.